The number of aromatic nitrogens is 2. The highest BCUT2D eigenvalue weighted by molar-refractivity contribution is 4.94. The topological polar surface area (TPSA) is 25.8 Å². The smallest absolute Gasteiger partial charge is 0.0586 e. The number of nitrogens with zero attached hydrogens (tertiary/aromatic N) is 2. The first-order valence-corrected chi connectivity index (χ1v) is 4.12. The third-order valence-electron chi connectivity index (χ3n) is 1.62. The fourth-order valence-corrected chi connectivity index (χ4v) is 0.992. The van der Waals surface area contributed by atoms with Crippen molar-refractivity contribution in [3.05, 3.63) is 24.3 Å². The van der Waals surface area contributed by atoms with Crippen LogP contribution in [0.3, 0.4) is 0 Å². The predicted molar refractivity (Wildman–Crippen MR) is 48.4 cm³/mol. The van der Waals surface area contributed by atoms with Crippen molar-refractivity contribution < 1.29 is 0 Å². The Balaban J connectivity index is 2.21. The summed E-state index contributed by atoms with van der Waals surface area (Å²) in [4.78, 5) is 8.14. The molecule has 0 saturated heterocycles. The Morgan fingerprint density at radius 1 is 1.33 bits per heavy atom. The maximum atomic E-state index is 5.13. The zero-order valence-corrected chi connectivity index (χ0v) is 7.03. The highest BCUT2D eigenvalue weighted by Crippen LogP contribution is 2.01. The standard InChI is InChI=1S/C10H12N2/c1-2-3-4-5-6-10-9-11-7-8-12-10/h1,7-9H,3-6H2. The van der Waals surface area contributed by atoms with Gasteiger partial charge in [0.25, 0.3) is 0 Å². The first kappa shape index (κ1) is 8.73. The average molecular weight is 160 g/mol. The molecule has 0 radical (unpaired) electrons. The van der Waals surface area contributed by atoms with Crippen LogP contribution in [0.4, 0.5) is 0 Å². The van der Waals surface area contributed by atoms with Gasteiger partial charge in [-0.05, 0) is 19.3 Å². The first-order valence-electron chi connectivity index (χ1n) is 4.12. The molecule has 0 spiro atoms. The summed E-state index contributed by atoms with van der Waals surface area (Å²) in [5.41, 5.74) is 1.05. The Morgan fingerprint density at radius 3 is 2.92 bits per heavy atom. The number of aryl methyl sites for hydroxylation is 1. The van der Waals surface area contributed by atoms with Gasteiger partial charge < -0.3 is 0 Å². The molecule has 0 amide bonds. The summed E-state index contributed by atoms with van der Waals surface area (Å²) in [6, 6.07) is 0. The molecule has 0 N–H and O–H groups in total. The van der Waals surface area contributed by atoms with E-state index in [0.29, 0.717) is 0 Å². The van der Waals surface area contributed by atoms with Crippen LogP contribution >= 0.6 is 0 Å². The fraction of sp³-hybridized carbons (Fsp3) is 0.400. The van der Waals surface area contributed by atoms with E-state index in [2.05, 4.69) is 15.9 Å². The zero-order valence-electron chi connectivity index (χ0n) is 7.03. The third kappa shape index (κ3) is 3.16. The van der Waals surface area contributed by atoms with Gasteiger partial charge >= 0.3 is 0 Å². The van der Waals surface area contributed by atoms with Gasteiger partial charge in [0.15, 0.2) is 0 Å². The third-order valence-corrected chi connectivity index (χ3v) is 1.62. The molecule has 62 valence electrons. The molecule has 1 aromatic heterocycles. The van der Waals surface area contributed by atoms with Crippen LogP contribution in [0.5, 0.6) is 0 Å². The molecule has 0 unspecified atom stereocenters. The molecule has 1 aromatic rings. The van der Waals surface area contributed by atoms with Crippen LogP contribution in [-0.4, -0.2) is 9.97 Å². The summed E-state index contributed by atoms with van der Waals surface area (Å²) in [5.74, 6) is 2.62. The molecule has 0 aromatic carbocycles. The highest BCUT2D eigenvalue weighted by Gasteiger charge is 1.92. The van der Waals surface area contributed by atoms with Crippen molar-refractivity contribution in [1.29, 1.82) is 0 Å². The van der Waals surface area contributed by atoms with E-state index < -0.39 is 0 Å². The molecule has 0 saturated carbocycles. The molecule has 12 heavy (non-hydrogen) atoms. The van der Waals surface area contributed by atoms with E-state index in [1.165, 1.54) is 0 Å². The zero-order chi connectivity index (χ0) is 8.65. The Bertz CT molecular complexity index is 248. The second kappa shape index (κ2) is 5.31. The molecule has 0 aliphatic carbocycles. The van der Waals surface area contributed by atoms with Gasteiger partial charge in [-0.2, -0.15) is 0 Å². The second-order valence-corrected chi connectivity index (χ2v) is 2.61. The summed E-state index contributed by atoms with van der Waals surface area (Å²) in [7, 11) is 0. The molecule has 0 atom stereocenters. The molecule has 2 heteroatoms. The van der Waals surface area contributed by atoms with Crippen LogP contribution in [0.25, 0.3) is 0 Å². The van der Waals surface area contributed by atoms with Crippen molar-refractivity contribution in [3.8, 4) is 12.3 Å². The van der Waals surface area contributed by atoms with Crippen molar-refractivity contribution in [2.24, 2.45) is 0 Å². The molecule has 0 aliphatic heterocycles. The van der Waals surface area contributed by atoms with Gasteiger partial charge in [0.1, 0.15) is 0 Å². The Hall–Kier alpha value is -1.36. The number of unbranched alkanes of at least 4 members (excludes halogenated alkanes) is 2. The lowest BCUT2D eigenvalue weighted by atomic mass is 10.1. The minimum Gasteiger partial charge on any atom is -0.261 e. The van der Waals surface area contributed by atoms with E-state index >= 15 is 0 Å². The normalized spacial score (nSPS) is 9.25. The minimum atomic E-state index is 0.861. The van der Waals surface area contributed by atoms with E-state index in [0.717, 1.165) is 31.4 Å². The van der Waals surface area contributed by atoms with Crippen molar-refractivity contribution >= 4 is 0 Å². The van der Waals surface area contributed by atoms with E-state index in [-0.39, 0.29) is 0 Å². The molecular weight excluding hydrogens is 148 g/mol. The highest BCUT2D eigenvalue weighted by atomic mass is 14.8. The SMILES string of the molecule is C#CCCCCc1cnccn1. The van der Waals surface area contributed by atoms with Crippen LogP contribution in [0, 0.1) is 12.3 Å². The fourth-order valence-electron chi connectivity index (χ4n) is 0.992. The van der Waals surface area contributed by atoms with Crippen LogP contribution in [0.1, 0.15) is 25.0 Å². The Labute approximate surface area is 73.1 Å². The summed E-state index contributed by atoms with van der Waals surface area (Å²) >= 11 is 0. The number of terminal acetylenes is 1. The second-order valence-electron chi connectivity index (χ2n) is 2.61. The van der Waals surface area contributed by atoms with Crippen molar-refractivity contribution in [3.63, 3.8) is 0 Å². The lowest BCUT2D eigenvalue weighted by Gasteiger charge is -1.96. The maximum absolute atomic E-state index is 5.13. The first-order chi connectivity index (χ1) is 5.93. The van der Waals surface area contributed by atoms with Crippen molar-refractivity contribution in [2.75, 3.05) is 0 Å². The lowest BCUT2D eigenvalue weighted by Crippen LogP contribution is -1.90. The maximum Gasteiger partial charge on any atom is 0.0586 e. The lowest BCUT2D eigenvalue weighted by molar-refractivity contribution is 0.739. The average Bonchev–Trinajstić information content (AvgIpc) is 2.14. The van der Waals surface area contributed by atoms with E-state index in [9.17, 15) is 0 Å². The van der Waals surface area contributed by atoms with Gasteiger partial charge in [0, 0.05) is 25.0 Å². The molecule has 0 aliphatic rings. The Morgan fingerprint density at radius 2 is 2.25 bits per heavy atom. The van der Waals surface area contributed by atoms with E-state index in [4.69, 9.17) is 6.42 Å². The van der Waals surface area contributed by atoms with Gasteiger partial charge in [0.2, 0.25) is 0 Å². The molecular formula is C10H12N2. The monoisotopic (exact) mass is 160 g/mol. The number of rotatable bonds is 4. The van der Waals surface area contributed by atoms with Crippen molar-refractivity contribution in [2.45, 2.75) is 25.7 Å². The molecule has 0 fully saturated rings. The van der Waals surface area contributed by atoms with Crippen molar-refractivity contribution in [1.82, 2.24) is 9.97 Å². The van der Waals surface area contributed by atoms with Gasteiger partial charge in [-0.15, -0.1) is 12.3 Å². The minimum absolute atomic E-state index is 0.861. The molecule has 2 nitrogen and oxygen atoms in total. The predicted octanol–water partition coefficient (Wildman–Crippen LogP) is 1.82. The van der Waals surface area contributed by atoms with E-state index in [1.54, 1.807) is 18.6 Å². The molecule has 0 bridgehead atoms. The largest absolute Gasteiger partial charge is 0.261 e. The Kier molecular flexibility index (Phi) is 3.87. The van der Waals surface area contributed by atoms with Crippen LogP contribution in [0.2, 0.25) is 0 Å². The van der Waals surface area contributed by atoms with Gasteiger partial charge in [-0.3, -0.25) is 9.97 Å². The van der Waals surface area contributed by atoms with Crippen LogP contribution in [-0.2, 0) is 6.42 Å². The van der Waals surface area contributed by atoms with Crippen LogP contribution in [0.15, 0.2) is 18.6 Å². The summed E-state index contributed by atoms with van der Waals surface area (Å²) in [5, 5.41) is 0. The quantitative estimate of drug-likeness (QED) is 0.496. The molecule has 1 rings (SSSR count). The summed E-state index contributed by atoms with van der Waals surface area (Å²) in [6.07, 6.45) is 14.4. The van der Waals surface area contributed by atoms with Gasteiger partial charge in [0.05, 0.1) is 5.69 Å². The number of hydrogen-bond donors (Lipinski definition) is 0. The summed E-state index contributed by atoms with van der Waals surface area (Å²) < 4.78 is 0. The molecule has 1 heterocycles. The van der Waals surface area contributed by atoms with Gasteiger partial charge in [-0.1, -0.05) is 0 Å². The number of hydrogen-bond acceptors (Lipinski definition) is 2. The van der Waals surface area contributed by atoms with Crippen LogP contribution < -0.4 is 0 Å². The van der Waals surface area contributed by atoms with Gasteiger partial charge in [-0.25, -0.2) is 0 Å². The summed E-state index contributed by atoms with van der Waals surface area (Å²) in [6.45, 7) is 0. The van der Waals surface area contributed by atoms with E-state index in [1.807, 2.05) is 0 Å².